The molecule has 3 N–H and O–H groups in total. The lowest BCUT2D eigenvalue weighted by molar-refractivity contribution is -0.120. The molecule has 2 rings (SSSR count). The van der Waals surface area contributed by atoms with E-state index in [4.69, 9.17) is 4.74 Å². The van der Waals surface area contributed by atoms with Crippen molar-refractivity contribution >= 4 is 23.6 Å². The molecule has 1 aliphatic rings. The number of nitrogens with zero attached hydrogens (tertiary/aromatic N) is 1. The molecular formula is C16H23N3O4. The maximum atomic E-state index is 11.2. The monoisotopic (exact) mass is 321 g/mol. The van der Waals surface area contributed by atoms with Gasteiger partial charge in [0, 0.05) is 37.8 Å². The van der Waals surface area contributed by atoms with E-state index in [-0.39, 0.29) is 23.8 Å². The fourth-order valence-electron chi connectivity index (χ4n) is 2.50. The third-order valence-electron chi connectivity index (χ3n) is 3.49. The number of carbonyl (C=O) groups excluding carboxylic acids is 2. The molecule has 1 aromatic rings. The first kappa shape index (κ1) is 17.1. The summed E-state index contributed by atoms with van der Waals surface area (Å²) in [4.78, 5) is 24.0. The molecule has 0 aliphatic carbocycles. The maximum absolute atomic E-state index is 11.2. The summed E-state index contributed by atoms with van der Waals surface area (Å²) in [5, 5.41) is 15.9. The third-order valence-corrected chi connectivity index (χ3v) is 3.49. The zero-order chi connectivity index (χ0) is 17.0. The van der Waals surface area contributed by atoms with Crippen molar-refractivity contribution in [3.63, 3.8) is 0 Å². The molecule has 2 atom stereocenters. The minimum Gasteiger partial charge on any atom is -0.506 e. The van der Waals surface area contributed by atoms with Gasteiger partial charge in [-0.2, -0.15) is 0 Å². The molecule has 0 saturated carbocycles. The van der Waals surface area contributed by atoms with Gasteiger partial charge in [0.15, 0.2) is 12.5 Å². The van der Waals surface area contributed by atoms with Crippen molar-refractivity contribution in [2.45, 2.75) is 39.1 Å². The average molecular weight is 321 g/mol. The van der Waals surface area contributed by atoms with Gasteiger partial charge in [-0.05, 0) is 26.0 Å². The Kier molecular flexibility index (Phi) is 5.44. The second-order valence-electron chi connectivity index (χ2n) is 5.87. The number of anilines is 2. The van der Waals surface area contributed by atoms with Crippen LogP contribution in [0.1, 0.15) is 20.8 Å². The minimum atomic E-state index is -0.725. The van der Waals surface area contributed by atoms with Crippen LogP contribution in [0.3, 0.4) is 0 Å². The first-order valence-corrected chi connectivity index (χ1v) is 7.62. The maximum Gasteiger partial charge on any atom is 0.216 e. The van der Waals surface area contributed by atoms with Crippen LogP contribution in [0.5, 0.6) is 5.75 Å². The Balaban J connectivity index is 2.11. The molecule has 1 unspecified atom stereocenters. The van der Waals surface area contributed by atoms with Gasteiger partial charge in [-0.25, -0.2) is 0 Å². The summed E-state index contributed by atoms with van der Waals surface area (Å²) < 4.78 is 5.61. The predicted octanol–water partition coefficient (Wildman–Crippen LogP) is 1.08. The Morgan fingerprint density at radius 3 is 2.83 bits per heavy atom. The summed E-state index contributed by atoms with van der Waals surface area (Å²) in [7, 11) is 0. The van der Waals surface area contributed by atoms with Crippen LogP contribution < -0.4 is 15.5 Å². The molecule has 7 nitrogen and oxygen atoms in total. The van der Waals surface area contributed by atoms with Gasteiger partial charge in [0.05, 0.1) is 11.8 Å². The van der Waals surface area contributed by atoms with Gasteiger partial charge < -0.3 is 25.4 Å². The van der Waals surface area contributed by atoms with Gasteiger partial charge in [-0.1, -0.05) is 0 Å². The first-order chi connectivity index (χ1) is 10.9. The van der Waals surface area contributed by atoms with E-state index in [9.17, 15) is 14.7 Å². The van der Waals surface area contributed by atoms with E-state index in [2.05, 4.69) is 10.6 Å². The molecule has 126 valence electrons. The Labute approximate surface area is 135 Å². The Morgan fingerprint density at radius 2 is 2.26 bits per heavy atom. The molecule has 7 heteroatoms. The number of phenolic OH excluding ortho intramolecular Hbond substituents is 1. The van der Waals surface area contributed by atoms with Crippen LogP contribution in [-0.2, 0) is 14.3 Å². The summed E-state index contributed by atoms with van der Waals surface area (Å²) in [6.07, 6.45) is -0.285. The normalized spacial score (nSPS) is 20.6. The lowest BCUT2D eigenvalue weighted by atomic mass is 10.2. The molecule has 0 aromatic heterocycles. The molecular weight excluding hydrogens is 298 g/mol. The van der Waals surface area contributed by atoms with Crippen LogP contribution in [0.2, 0.25) is 0 Å². The number of phenols is 1. The van der Waals surface area contributed by atoms with E-state index >= 15 is 0 Å². The van der Waals surface area contributed by atoms with Crippen LogP contribution >= 0.6 is 0 Å². The lowest BCUT2D eigenvalue weighted by Gasteiger charge is -2.22. The van der Waals surface area contributed by atoms with Crippen molar-refractivity contribution in [3.05, 3.63) is 18.2 Å². The predicted molar refractivity (Wildman–Crippen MR) is 87.6 cm³/mol. The van der Waals surface area contributed by atoms with E-state index in [1.165, 1.54) is 6.92 Å². The Hall–Kier alpha value is -2.28. The number of ether oxygens (including phenoxy) is 1. The number of hydrogen-bond donors (Lipinski definition) is 3. The molecule has 0 radical (unpaired) electrons. The number of aldehydes is 1. The van der Waals surface area contributed by atoms with E-state index < -0.39 is 6.23 Å². The zero-order valence-electron chi connectivity index (χ0n) is 13.6. The van der Waals surface area contributed by atoms with Gasteiger partial charge in [-0.15, -0.1) is 0 Å². The molecule has 1 aliphatic heterocycles. The Bertz CT molecular complexity index is 576. The van der Waals surface area contributed by atoms with Gasteiger partial charge in [0.25, 0.3) is 0 Å². The summed E-state index contributed by atoms with van der Waals surface area (Å²) in [6.45, 7) is 6.20. The summed E-state index contributed by atoms with van der Waals surface area (Å²) in [5.41, 5.74) is 1.33. The third kappa shape index (κ3) is 4.35. The molecule has 1 aromatic carbocycles. The molecule has 23 heavy (non-hydrogen) atoms. The standard InChI is InChI=1S/C16H23N3O4/c1-10(2)18-14-5-4-12(6-15(14)22)19-8-13(7-17-11(3)21)23-16(19)9-20/h4-6,9-10,13,16,18,22H,7-8H2,1-3H3,(H,17,21)/t13-,16?/m0/s1. The molecule has 1 amide bonds. The highest BCUT2D eigenvalue weighted by Gasteiger charge is 2.33. The lowest BCUT2D eigenvalue weighted by Crippen LogP contribution is -2.33. The van der Waals surface area contributed by atoms with E-state index in [1.807, 2.05) is 19.9 Å². The van der Waals surface area contributed by atoms with Gasteiger partial charge in [-0.3, -0.25) is 9.59 Å². The average Bonchev–Trinajstić information content (AvgIpc) is 2.90. The van der Waals surface area contributed by atoms with Crippen molar-refractivity contribution < 1.29 is 19.4 Å². The van der Waals surface area contributed by atoms with Gasteiger partial charge >= 0.3 is 0 Å². The highest BCUT2D eigenvalue weighted by Crippen LogP contribution is 2.32. The number of nitrogens with one attached hydrogen (secondary N) is 2. The molecule has 1 fully saturated rings. The van der Waals surface area contributed by atoms with E-state index in [0.717, 1.165) is 0 Å². The van der Waals surface area contributed by atoms with Gasteiger partial charge in [0.1, 0.15) is 5.75 Å². The number of amides is 1. The quantitative estimate of drug-likeness (QED) is 0.536. The van der Waals surface area contributed by atoms with Crippen LogP contribution in [-0.4, -0.2) is 48.8 Å². The van der Waals surface area contributed by atoms with Crippen LogP contribution in [0.15, 0.2) is 18.2 Å². The van der Waals surface area contributed by atoms with Gasteiger partial charge in [0.2, 0.25) is 5.91 Å². The van der Waals surface area contributed by atoms with E-state index in [0.29, 0.717) is 30.8 Å². The largest absolute Gasteiger partial charge is 0.506 e. The SMILES string of the molecule is CC(=O)NC[C@H]1CN(c2ccc(NC(C)C)c(O)c2)C(C=O)O1. The molecule has 0 spiro atoms. The van der Waals surface area contributed by atoms with Crippen molar-refractivity contribution in [1.29, 1.82) is 0 Å². The summed E-state index contributed by atoms with van der Waals surface area (Å²) in [6, 6.07) is 5.40. The van der Waals surface area contributed by atoms with Crippen molar-refractivity contribution in [2.75, 3.05) is 23.3 Å². The summed E-state index contributed by atoms with van der Waals surface area (Å²) in [5.74, 6) is -0.0254. The Morgan fingerprint density at radius 1 is 1.52 bits per heavy atom. The molecule has 1 heterocycles. The smallest absolute Gasteiger partial charge is 0.216 e. The number of rotatable bonds is 6. The fraction of sp³-hybridized carbons (Fsp3) is 0.500. The van der Waals surface area contributed by atoms with Crippen molar-refractivity contribution in [3.8, 4) is 5.75 Å². The minimum absolute atomic E-state index is 0.117. The van der Waals surface area contributed by atoms with Crippen LogP contribution in [0.25, 0.3) is 0 Å². The summed E-state index contributed by atoms with van der Waals surface area (Å²) >= 11 is 0. The second-order valence-corrected chi connectivity index (χ2v) is 5.87. The second kappa shape index (κ2) is 7.32. The highest BCUT2D eigenvalue weighted by atomic mass is 16.5. The van der Waals surface area contributed by atoms with Crippen LogP contribution in [0.4, 0.5) is 11.4 Å². The number of carbonyl (C=O) groups is 2. The van der Waals surface area contributed by atoms with Crippen LogP contribution in [0, 0.1) is 0 Å². The van der Waals surface area contributed by atoms with Crippen molar-refractivity contribution in [1.82, 2.24) is 5.32 Å². The number of benzene rings is 1. The first-order valence-electron chi connectivity index (χ1n) is 7.62. The molecule has 0 bridgehead atoms. The molecule has 1 saturated heterocycles. The number of hydrogen-bond acceptors (Lipinski definition) is 6. The van der Waals surface area contributed by atoms with E-state index in [1.54, 1.807) is 17.0 Å². The topological polar surface area (TPSA) is 90.9 Å². The number of aromatic hydroxyl groups is 1. The van der Waals surface area contributed by atoms with Crippen molar-refractivity contribution in [2.24, 2.45) is 0 Å². The highest BCUT2D eigenvalue weighted by molar-refractivity contribution is 5.73. The zero-order valence-corrected chi connectivity index (χ0v) is 13.6. The fourth-order valence-corrected chi connectivity index (χ4v) is 2.50.